The van der Waals surface area contributed by atoms with Crippen molar-refractivity contribution in [3.63, 3.8) is 0 Å². The van der Waals surface area contributed by atoms with E-state index in [1.807, 2.05) is 6.20 Å². The Morgan fingerprint density at radius 3 is 2.62 bits per heavy atom. The van der Waals surface area contributed by atoms with Crippen LogP contribution in [0.15, 0.2) is 24.4 Å². The van der Waals surface area contributed by atoms with Crippen molar-refractivity contribution in [3.05, 3.63) is 41.1 Å². The molecule has 0 aliphatic carbocycles. The van der Waals surface area contributed by atoms with Gasteiger partial charge in [0.25, 0.3) is 0 Å². The number of nitrogens with zero attached hydrogens (tertiary/aromatic N) is 4. The predicted molar refractivity (Wildman–Crippen MR) is 131 cm³/mol. The number of aromatic amines is 1. The maximum Gasteiger partial charge on any atom is 0.0698 e. The summed E-state index contributed by atoms with van der Waals surface area (Å²) in [6.07, 6.45) is 5.35. The molecular weight excluding hydrogens is 398 g/mol. The number of H-pyrrole nitrogens is 1. The topological polar surface area (TPSA) is 58.6 Å². The molecule has 0 saturated carbocycles. The summed E-state index contributed by atoms with van der Waals surface area (Å²) in [5, 5.41) is 17.4. The van der Waals surface area contributed by atoms with E-state index in [1.165, 1.54) is 48.2 Å². The Balaban J connectivity index is 1.42. The molecule has 0 bridgehead atoms. The fourth-order valence-electron chi connectivity index (χ4n) is 5.61. The molecule has 176 valence electrons. The number of aromatic nitrogens is 2. The molecule has 0 radical (unpaired) electrons. The number of aliphatic hydroxyl groups excluding tert-OH is 1. The van der Waals surface area contributed by atoms with Gasteiger partial charge in [-0.1, -0.05) is 17.7 Å². The van der Waals surface area contributed by atoms with Crippen molar-refractivity contribution in [2.75, 3.05) is 39.3 Å². The minimum absolute atomic E-state index is 0.263. The maximum absolute atomic E-state index is 9.77. The van der Waals surface area contributed by atoms with Crippen molar-refractivity contribution >= 4 is 0 Å². The number of nitrogens with one attached hydrogen (secondary N) is 1. The molecule has 2 aliphatic heterocycles. The van der Waals surface area contributed by atoms with Crippen LogP contribution in [0.3, 0.4) is 0 Å². The van der Waals surface area contributed by atoms with E-state index in [1.54, 1.807) is 0 Å². The molecular formula is C26H41N5O. The van der Waals surface area contributed by atoms with E-state index >= 15 is 0 Å². The van der Waals surface area contributed by atoms with Crippen LogP contribution in [-0.2, 0) is 6.54 Å². The molecule has 6 heteroatoms. The van der Waals surface area contributed by atoms with E-state index in [2.05, 4.69) is 70.8 Å². The third-order valence-corrected chi connectivity index (χ3v) is 7.55. The predicted octanol–water partition coefficient (Wildman–Crippen LogP) is 3.43. The zero-order chi connectivity index (χ0) is 22.7. The van der Waals surface area contributed by atoms with Crippen molar-refractivity contribution < 1.29 is 5.11 Å². The average Bonchev–Trinajstić information content (AvgIpc) is 3.24. The van der Waals surface area contributed by atoms with Gasteiger partial charge in [-0.2, -0.15) is 5.10 Å². The lowest BCUT2D eigenvalue weighted by atomic mass is 9.96. The molecule has 4 rings (SSSR count). The third-order valence-electron chi connectivity index (χ3n) is 7.55. The fourth-order valence-corrected chi connectivity index (χ4v) is 5.61. The quantitative estimate of drug-likeness (QED) is 0.692. The van der Waals surface area contributed by atoms with Crippen LogP contribution in [0.4, 0.5) is 0 Å². The van der Waals surface area contributed by atoms with Crippen LogP contribution in [0.25, 0.3) is 11.3 Å². The van der Waals surface area contributed by atoms with Crippen LogP contribution in [0.5, 0.6) is 0 Å². The Bertz CT molecular complexity index is 871. The van der Waals surface area contributed by atoms with Gasteiger partial charge in [-0.05, 0) is 71.7 Å². The molecule has 0 amide bonds. The largest absolute Gasteiger partial charge is 0.396 e. The summed E-state index contributed by atoms with van der Waals surface area (Å²) in [4.78, 5) is 7.87. The Morgan fingerprint density at radius 1 is 1.12 bits per heavy atom. The van der Waals surface area contributed by atoms with E-state index in [9.17, 15) is 5.11 Å². The summed E-state index contributed by atoms with van der Waals surface area (Å²) in [6.45, 7) is 15.7. The van der Waals surface area contributed by atoms with Crippen LogP contribution in [0.1, 0.15) is 49.8 Å². The highest BCUT2D eigenvalue weighted by Crippen LogP contribution is 2.29. The first-order valence-electron chi connectivity index (χ1n) is 12.4. The van der Waals surface area contributed by atoms with Crippen molar-refractivity contribution in [2.24, 2.45) is 0 Å². The molecule has 2 aromatic rings. The van der Waals surface area contributed by atoms with Gasteiger partial charge in [0.1, 0.15) is 0 Å². The SMILES string of the molecule is Cc1ccc(C)c(-c2[nH]ncc2CN2CCN(C3CCN(C(C)C)CC3)[C@@H](CCO)C2)c1. The van der Waals surface area contributed by atoms with Gasteiger partial charge >= 0.3 is 0 Å². The maximum atomic E-state index is 9.77. The van der Waals surface area contributed by atoms with Crippen molar-refractivity contribution in [1.29, 1.82) is 0 Å². The smallest absolute Gasteiger partial charge is 0.0698 e. The molecule has 2 aliphatic rings. The normalized spacial score (nSPS) is 22.1. The molecule has 2 fully saturated rings. The zero-order valence-corrected chi connectivity index (χ0v) is 20.3. The first kappa shape index (κ1) is 23.4. The van der Waals surface area contributed by atoms with Crippen LogP contribution in [-0.4, -0.2) is 87.5 Å². The Labute approximate surface area is 193 Å². The number of hydrogen-bond acceptors (Lipinski definition) is 5. The van der Waals surface area contributed by atoms with Gasteiger partial charge in [-0.15, -0.1) is 0 Å². The first-order chi connectivity index (χ1) is 15.5. The summed E-state index contributed by atoms with van der Waals surface area (Å²) in [5.41, 5.74) is 6.21. The highest BCUT2D eigenvalue weighted by Gasteiger charge is 2.34. The molecule has 32 heavy (non-hydrogen) atoms. The van der Waals surface area contributed by atoms with Gasteiger partial charge in [0.2, 0.25) is 0 Å². The van der Waals surface area contributed by atoms with Crippen molar-refractivity contribution in [2.45, 2.75) is 71.6 Å². The fraction of sp³-hybridized carbons (Fsp3) is 0.654. The molecule has 0 spiro atoms. The van der Waals surface area contributed by atoms with Crippen molar-refractivity contribution in [1.82, 2.24) is 24.9 Å². The van der Waals surface area contributed by atoms with Crippen LogP contribution in [0.2, 0.25) is 0 Å². The number of likely N-dealkylation sites (tertiary alicyclic amines) is 1. The molecule has 1 atom stereocenters. The standard InChI is InChI=1S/C26H41N5O/c1-19(2)30-10-7-23(8-11-30)31-13-12-29(18-24(31)9-14-32)17-22-16-27-28-26(22)25-15-20(3)5-6-21(25)4/h5-6,15-16,19,23-24,32H,7-14,17-18H2,1-4H3,(H,27,28)/t24-/m0/s1. The second-order valence-corrected chi connectivity index (χ2v) is 10.1. The number of aryl methyl sites for hydroxylation is 2. The Morgan fingerprint density at radius 2 is 1.91 bits per heavy atom. The van der Waals surface area contributed by atoms with E-state index in [4.69, 9.17) is 0 Å². The number of hydrogen-bond donors (Lipinski definition) is 2. The van der Waals surface area contributed by atoms with Crippen LogP contribution < -0.4 is 0 Å². The molecule has 3 heterocycles. The number of benzene rings is 1. The van der Waals surface area contributed by atoms with E-state index in [0.29, 0.717) is 18.1 Å². The number of rotatable bonds is 7. The van der Waals surface area contributed by atoms with Gasteiger partial charge in [0.05, 0.1) is 11.9 Å². The summed E-state index contributed by atoms with van der Waals surface area (Å²) >= 11 is 0. The lowest BCUT2D eigenvalue weighted by Gasteiger charge is -2.48. The van der Waals surface area contributed by atoms with Gasteiger partial charge in [0.15, 0.2) is 0 Å². The lowest BCUT2D eigenvalue weighted by molar-refractivity contribution is 0.00000944. The molecule has 6 nitrogen and oxygen atoms in total. The number of piperidine rings is 1. The molecule has 2 saturated heterocycles. The minimum atomic E-state index is 0.263. The lowest BCUT2D eigenvalue weighted by Crippen LogP contribution is -2.58. The third kappa shape index (κ3) is 5.25. The Kier molecular flexibility index (Phi) is 7.66. The highest BCUT2D eigenvalue weighted by atomic mass is 16.3. The van der Waals surface area contributed by atoms with Gasteiger partial charge in [-0.3, -0.25) is 14.9 Å². The zero-order valence-electron chi connectivity index (χ0n) is 20.3. The number of piperazine rings is 1. The molecule has 1 aromatic heterocycles. The second kappa shape index (κ2) is 10.5. The van der Waals surface area contributed by atoms with Gasteiger partial charge in [-0.25, -0.2) is 0 Å². The number of aliphatic hydroxyl groups is 1. The van der Waals surface area contributed by atoms with Gasteiger partial charge < -0.3 is 10.0 Å². The molecule has 0 unspecified atom stereocenters. The second-order valence-electron chi connectivity index (χ2n) is 10.1. The van der Waals surface area contributed by atoms with Crippen LogP contribution in [0, 0.1) is 13.8 Å². The van der Waals surface area contributed by atoms with Crippen molar-refractivity contribution in [3.8, 4) is 11.3 Å². The summed E-state index contributed by atoms with van der Waals surface area (Å²) in [7, 11) is 0. The van der Waals surface area contributed by atoms with E-state index < -0.39 is 0 Å². The van der Waals surface area contributed by atoms with E-state index in [-0.39, 0.29) is 6.61 Å². The summed E-state index contributed by atoms with van der Waals surface area (Å²) in [5.74, 6) is 0. The summed E-state index contributed by atoms with van der Waals surface area (Å²) in [6, 6.07) is 8.34. The average molecular weight is 440 g/mol. The monoisotopic (exact) mass is 439 g/mol. The first-order valence-corrected chi connectivity index (χ1v) is 12.4. The minimum Gasteiger partial charge on any atom is -0.396 e. The highest BCUT2D eigenvalue weighted by molar-refractivity contribution is 5.67. The van der Waals surface area contributed by atoms with Crippen LogP contribution >= 0.6 is 0 Å². The van der Waals surface area contributed by atoms with E-state index in [0.717, 1.165) is 38.3 Å². The molecule has 1 aromatic carbocycles. The van der Waals surface area contributed by atoms with Gasteiger partial charge in [0, 0.05) is 62.0 Å². The molecule has 2 N–H and O–H groups in total. The Hall–Kier alpha value is -1.73. The summed E-state index contributed by atoms with van der Waals surface area (Å²) < 4.78 is 0.